The van der Waals surface area contributed by atoms with Crippen molar-refractivity contribution in [3.63, 3.8) is 0 Å². The zero-order valence-electron chi connectivity index (χ0n) is 13.7. The van der Waals surface area contributed by atoms with Crippen molar-refractivity contribution < 1.29 is 14.3 Å². The molecule has 0 aromatic heterocycles. The van der Waals surface area contributed by atoms with Crippen molar-refractivity contribution >= 4 is 40.9 Å². The summed E-state index contributed by atoms with van der Waals surface area (Å²) < 4.78 is 5.39. The van der Waals surface area contributed by atoms with Crippen LogP contribution in [-0.2, 0) is 14.3 Å². The van der Waals surface area contributed by atoms with Crippen LogP contribution in [0.3, 0.4) is 0 Å². The van der Waals surface area contributed by atoms with Crippen LogP contribution in [0.2, 0.25) is 0 Å². The lowest BCUT2D eigenvalue weighted by atomic mass is 10.0. The van der Waals surface area contributed by atoms with Gasteiger partial charge in [-0.05, 0) is 29.9 Å². The number of morpholine rings is 1. The predicted octanol–water partition coefficient (Wildman–Crippen LogP) is 1.12. The van der Waals surface area contributed by atoms with E-state index in [2.05, 4.69) is 4.90 Å². The molecule has 0 atom stereocenters. The van der Waals surface area contributed by atoms with Gasteiger partial charge in [0, 0.05) is 32.9 Å². The Bertz CT molecular complexity index is 700. The van der Waals surface area contributed by atoms with Crippen molar-refractivity contribution in [3.8, 4) is 0 Å². The van der Waals surface area contributed by atoms with E-state index < -0.39 is 0 Å². The molecule has 6 nitrogen and oxygen atoms in total. The predicted molar refractivity (Wildman–Crippen MR) is 95.6 cm³/mol. The lowest BCUT2D eigenvalue weighted by Gasteiger charge is -2.32. The molecule has 24 heavy (non-hydrogen) atoms. The number of amides is 2. The third kappa shape index (κ3) is 2.92. The van der Waals surface area contributed by atoms with Crippen molar-refractivity contribution in [2.75, 3.05) is 45.3 Å². The van der Waals surface area contributed by atoms with E-state index in [1.54, 1.807) is 20.2 Å². The van der Waals surface area contributed by atoms with E-state index in [-0.39, 0.29) is 22.5 Å². The number of hydrogen-bond donors (Lipinski definition) is 0. The van der Waals surface area contributed by atoms with Gasteiger partial charge in [0.1, 0.15) is 5.57 Å². The van der Waals surface area contributed by atoms with Gasteiger partial charge in [0.05, 0.1) is 13.2 Å². The minimum absolute atomic E-state index is 0.120. The van der Waals surface area contributed by atoms with Crippen molar-refractivity contribution in [1.82, 2.24) is 9.80 Å². The van der Waals surface area contributed by atoms with Crippen LogP contribution in [-0.4, -0.2) is 67.1 Å². The summed E-state index contributed by atoms with van der Waals surface area (Å²) in [6, 6.07) is 7.75. The summed E-state index contributed by atoms with van der Waals surface area (Å²) in [7, 11) is 3.16. The maximum atomic E-state index is 12.5. The summed E-state index contributed by atoms with van der Waals surface area (Å²) in [5.41, 5.74) is 1.95. The Hall–Kier alpha value is -2.25. The lowest BCUT2D eigenvalue weighted by molar-refractivity contribution is -0.132. The van der Waals surface area contributed by atoms with E-state index in [0.717, 1.165) is 24.3 Å². The molecule has 1 aromatic rings. The minimum atomic E-state index is -0.375. The molecule has 7 heteroatoms. The largest absolute Gasteiger partial charge is 0.378 e. The Morgan fingerprint density at radius 3 is 2.25 bits per heavy atom. The summed E-state index contributed by atoms with van der Waals surface area (Å²) in [5.74, 6) is -0.750. The van der Waals surface area contributed by atoms with Crippen molar-refractivity contribution in [1.29, 1.82) is 0 Å². The van der Waals surface area contributed by atoms with E-state index in [1.165, 1.54) is 9.80 Å². The number of carbonyl (C=O) groups excluding carboxylic acids is 2. The van der Waals surface area contributed by atoms with Gasteiger partial charge in [-0.2, -0.15) is 0 Å². The summed E-state index contributed by atoms with van der Waals surface area (Å²) in [5, 5.41) is 0.212. The van der Waals surface area contributed by atoms with Crippen LogP contribution in [0.15, 0.2) is 29.8 Å². The van der Waals surface area contributed by atoms with Crippen LogP contribution >= 0.6 is 12.2 Å². The van der Waals surface area contributed by atoms with E-state index >= 15 is 0 Å². The SMILES string of the molecule is CN1C(=O)C(=Cc2ccccc2N2CCOCC2)C(=O)N(C)C1=S. The van der Waals surface area contributed by atoms with Crippen LogP contribution in [0.5, 0.6) is 0 Å². The molecule has 2 saturated heterocycles. The molecule has 0 aliphatic carbocycles. The lowest BCUT2D eigenvalue weighted by Crippen LogP contribution is -2.52. The molecule has 2 fully saturated rings. The van der Waals surface area contributed by atoms with Gasteiger partial charge in [-0.3, -0.25) is 19.4 Å². The van der Waals surface area contributed by atoms with Crippen molar-refractivity contribution in [2.24, 2.45) is 0 Å². The van der Waals surface area contributed by atoms with E-state index in [1.807, 2.05) is 24.3 Å². The Morgan fingerprint density at radius 2 is 1.62 bits per heavy atom. The number of rotatable bonds is 2. The quantitative estimate of drug-likeness (QED) is 0.457. The first-order chi connectivity index (χ1) is 11.5. The molecule has 0 spiro atoms. The van der Waals surface area contributed by atoms with Gasteiger partial charge >= 0.3 is 0 Å². The highest BCUT2D eigenvalue weighted by molar-refractivity contribution is 7.80. The molecule has 0 saturated carbocycles. The Kier molecular flexibility index (Phi) is 4.64. The van der Waals surface area contributed by atoms with Gasteiger partial charge in [-0.25, -0.2) is 0 Å². The highest BCUT2D eigenvalue weighted by Gasteiger charge is 2.35. The van der Waals surface area contributed by atoms with Gasteiger partial charge in [-0.15, -0.1) is 0 Å². The molecule has 1 aromatic carbocycles. The maximum Gasteiger partial charge on any atom is 0.265 e. The highest BCUT2D eigenvalue weighted by Crippen LogP contribution is 2.26. The summed E-state index contributed by atoms with van der Waals surface area (Å²) >= 11 is 5.11. The molecule has 2 aliphatic rings. The fraction of sp³-hybridized carbons (Fsp3) is 0.353. The minimum Gasteiger partial charge on any atom is -0.378 e. The second-order valence-corrected chi connectivity index (χ2v) is 6.09. The topological polar surface area (TPSA) is 53.1 Å². The van der Waals surface area contributed by atoms with Gasteiger partial charge in [0.15, 0.2) is 5.11 Å². The van der Waals surface area contributed by atoms with Crippen molar-refractivity contribution in [2.45, 2.75) is 0 Å². The standard InChI is InChI=1S/C17H19N3O3S/c1-18-15(21)13(16(22)19(2)17(18)24)11-12-5-3-4-6-14(12)20-7-9-23-10-8-20/h3-6,11H,7-10H2,1-2H3. The van der Waals surface area contributed by atoms with Gasteiger partial charge in [0.2, 0.25) is 0 Å². The van der Waals surface area contributed by atoms with Crippen LogP contribution in [0.4, 0.5) is 5.69 Å². The average Bonchev–Trinajstić information content (AvgIpc) is 2.63. The Labute approximate surface area is 146 Å². The number of ether oxygens (including phenoxy) is 1. The molecule has 2 aliphatic heterocycles. The second kappa shape index (κ2) is 6.70. The van der Waals surface area contributed by atoms with E-state index in [4.69, 9.17) is 17.0 Å². The fourth-order valence-electron chi connectivity index (χ4n) is 2.83. The number of nitrogens with zero attached hydrogens (tertiary/aromatic N) is 3. The maximum absolute atomic E-state index is 12.5. The smallest absolute Gasteiger partial charge is 0.265 e. The monoisotopic (exact) mass is 345 g/mol. The van der Waals surface area contributed by atoms with Gasteiger partial charge in [-0.1, -0.05) is 18.2 Å². The van der Waals surface area contributed by atoms with E-state index in [9.17, 15) is 9.59 Å². The number of hydrogen-bond acceptors (Lipinski definition) is 5. The summed E-state index contributed by atoms with van der Waals surface area (Å²) in [6.07, 6.45) is 1.66. The number of para-hydroxylation sites is 1. The normalized spacial score (nSPS) is 19.2. The average molecular weight is 345 g/mol. The first-order valence-electron chi connectivity index (χ1n) is 7.74. The van der Waals surface area contributed by atoms with Gasteiger partial charge in [0.25, 0.3) is 11.8 Å². The third-order valence-corrected chi connectivity index (χ3v) is 4.78. The highest BCUT2D eigenvalue weighted by atomic mass is 32.1. The number of likely N-dealkylation sites (N-methyl/N-ethyl adjacent to an activating group) is 2. The van der Waals surface area contributed by atoms with Crippen LogP contribution in [0.25, 0.3) is 6.08 Å². The first-order valence-corrected chi connectivity index (χ1v) is 8.15. The zero-order chi connectivity index (χ0) is 17.3. The summed E-state index contributed by atoms with van der Waals surface area (Å²) in [4.78, 5) is 29.8. The number of benzene rings is 1. The van der Waals surface area contributed by atoms with Crippen LogP contribution < -0.4 is 4.90 Å². The number of carbonyl (C=O) groups is 2. The van der Waals surface area contributed by atoms with E-state index in [0.29, 0.717) is 13.2 Å². The Balaban J connectivity index is 2.00. The van der Waals surface area contributed by atoms with Crippen LogP contribution in [0.1, 0.15) is 5.56 Å². The Morgan fingerprint density at radius 1 is 1.04 bits per heavy atom. The molecule has 2 amide bonds. The molecule has 0 N–H and O–H groups in total. The molecule has 0 bridgehead atoms. The third-order valence-electron chi connectivity index (χ3n) is 4.23. The molecule has 0 radical (unpaired) electrons. The molecular weight excluding hydrogens is 326 g/mol. The second-order valence-electron chi connectivity index (χ2n) is 5.73. The summed E-state index contributed by atoms with van der Waals surface area (Å²) in [6.45, 7) is 2.91. The van der Waals surface area contributed by atoms with Crippen molar-refractivity contribution in [3.05, 3.63) is 35.4 Å². The molecule has 0 unspecified atom stereocenters. The first kappa shape index (κ1) is 16.6. The molecule has 126 valence electrons. The molecule has 3 rings (SSSR count). The molecule has 2 heterocycles. The number of thiocarbonyl (C=S) groups is 1. The fourth-order valence-corrected chi connectivity index (χ4v) is 3.00. The van der Waals surface area contributed by atoms with Crippen LogP contribution in [0, 0.1) is 0 Å². The molecular formula is C17H19N3O3S. The number of anilines is 1. The van der Waals surface area contributed by atoms with Gasteiger partial charge < -0.3 is 9.64 Å². The zero-order valence-corrected chi connectivity index (χ0v) is 14.5.